The fourth-order valence-electron chi connectivity index (χ4n) is 3.45. The van der Waals surface area contributed by atoms with E-state index < -0.39 is 0 Å². The van der Waals surface area contributed by atoms with Crippen molar-refractivity contribution in [3.63, 3.8) is 0 Å². The molecule has 0 spiro atoms. The molecule has 0 radical (unpaired) electrons. The van der Waals surface area contributed by atoms with Gasteiger partial charge < -0.3 is 14.4 Å². The van der Waals surface area contributed by atoms with Crippen LogP contribution in [-0.2, 0) is 14.3 Å². The van der Waals surface area contributed by atoms with Gasteiger partial charge in [0.2, 0.25) is 0 Å². The number of methoxy groups -OCH3 is 2. The number of imide groups is 1. The SMILES string of the molecule is COCCN1C(=O)C(c2ccccc2OC)=C(N2CCCCC2)C1=O. The standard InChI is InChI=1S/C19H24N2O4/c1-24-13-12-21-18(22)16(14-8-4-5-9-15(14)25-2)17(19(21)23)20-10-6-3-7-11-20/h4-5,8-9H,3,6-7,10-13H2,1-2H3. The molecule has 1 saturated heterocycles. The first-order valence-corrected chi connectivity index (χ1v) is 8.66. The Kier molecular flexibility index (Phi) is 5.38. The van der Waals surface area contributed by atoms with Crippen LogP contribution in [0.4, 0.5) is 0 Å². The lowest BCUT2D eigenvalue weighted by molar-refractivity contribution is -0.138. The molecule has 1 aromatic carbocycles. The van der Waals surface area contributed by atoms with Crippen LogP contribution >= 0.6 is 0 Å². The number of hydrogen-bond acceptors (Lipinski definition) is 5. The molecule has 2 amide bonds. The highest BCUT2D eigenvalue weighted by atomic mass is 16.5. The number of hydrogen-bond donors (Lipinski definition) is 0. The lowest BCUT2D eigenvalue weighted by Gasteiger charge is -2.29. The Morgan fingerprint density at radius 3 is 2.40 bits per heavy atom. The number of benzene rings is 1. The molecular weight excluding hydrogens is 320 g/mol. The first-order valence-electron chi connectivity index (χ1n) is 8.66. The van der Waals surface area contributed by atoms with Crippen molar-refractivity contribution in [3.05, 3.63) is 35.5 Å². The van der Waals surface area contributed by atoms with Crippen LogP contribution in [0.1, 0.15) is 24.8 Å². The van der Waals surface area contributed by atoms with E-state index >= 15 is 0 Å². The number of likely N-dealkylation sites (tertiary alicyclic amines) is 1. The van der Waals surface area contributed by atoms with Gasteiger partial charge in [0.15, 0.2) is 0 Å². The molecule has 2 aliphatic rings. The number of rotatable bonds is 6. The predicted octanol–water partition coefficient (Wildman–Crippen LogP) is 1.91. The largest absolute Gasteiger partial charge is 0.496 e. The summed E-state index contributed by atoms with van der Waals surface area (Å²) in [4.78, 5) is 29.4. The van der Waals surface area contributed by atoms with Crippen LogP contribution in [0.25, 0.3) is 5.57 Å². The molecule has 2 aliphatic heterocycles. The number of piperidine rings is 1. The highest BCUT2D eigenvalue weighted by molar-refractivity contribution is 6.36. The molecule has 0 unspecified atom stereocenters. The Morgan fingerprint density at radius 1 is 1.00 bits per heavy atom. The van der Waals surface area contributed by atoms with Crippen LogP contribution < -0.4 is 4.74 Å². The van der Waals surface area contributed by atoms with Gasteiger partial charge in [-0.15, -0.1) is 0 Å². The highest BCUT2D eigenvalue weighted by Gasteiger charge is 2.42. The van der Waals surface area contributed by atoms with Crippen molar-refractivity contribution in [1.82, 2.24) is 9.80 Å². The Balaban J connectivity index is 2.07. The zero-order valence-corrected chi connectivity index (χ0v) is 14.8. The van der Waals surface area contributed by atoms with Crippen LogP contribution in [-0.4, -0.2) is 62.1 Å². The second-order valence-corrected chi connectivity index (χ2v) is 6.23. The fourth-order valence-corrected chi connectivity index (χ4v) is 3.45. The first kappa shape index (κ1) is 17.5. The van der Waals surface area contributed by atoms with Crippen LogP contribution in [0.5, 0.6) is 5.75 Å². The molecule has 1 aromatic rings. The summed E-state index contributed by atoms with van der Waals surface area (Å²) in [5, 5.41) is 0. The molecule has 0 aliphatic carbocycles. The smallest absolute Gasteiger partial charge is 0.277 e. The Labute approximate surface area is 148 Å². The summed E-state index contributed by atoms with van der Waals surface area (Å²) in [6, 6.07) is 7.36. The molecule has 0 bridgehead atoms. The molecule has 6 nitrogen and oxygen atoms in total. The maximum Gasteiger partial charge on any atom is 0.277 e. The topological polar surface area (TPSA) is 59.1 Å². The quantitative estimate of drug-likeness (QED) is 0.738. The third-order valence-electron chi connectivity index (χ3n) is 4.71. The summed E-state index contributed by atoms with van der Waals surface area (Å²) in [5.74, 6) is 0.0960. The maximum atomic E-state index is 13.1. The third-order valence-corrected chi connectivity index (χ3v) is 4.71. The summed E-state index contributed by atoms with van der Waals surface area (Å²) in [6.07, 6.45) is 3.22. The number of carbonyl (C=O) groups is 2. The van der Waals surface area contributed by atoms with Gasteiger partial charge in [-0.25, -0.2) is 0 Å². The molecule has 0 atom stereocenters. The molecule has 6 heteroatoms. The minimum atomic E-state index is -0.271. The van der Waals surface area contributed by atoms with Crippen LogP contribution in [0.2, 0.25) is 0 Å². The van der Waals surface area contributed by atoms with Crippen LogP contribution in [0.3, 0.4) is 0 Å². The van der Waals surface area contributed by atoms with E-state index in [9.17, 15) is 9.59 Å². The Hall–Kier alpha value is -2.34. The normalized spacial score (nSPS) is 18.3. The molecule has 1 fully saturated rings. The van der Waals surface area contributed by atoms with Gasteiger partial charge in [0.05, 0.1) is 25.8 Å². The van der Waals surface area contributed by atoms with E-state index in [0.717, 1.165) is 32.4 Å². The third kappa shape index (κ3) is 3.26. The first-order chi connectivity index (χ1) is 12.2. The summed E-state index contributed by atoms with van der Waals surface area (Å²) in [6.45, 7) is 2.17. The molecular formula is C19H24N2O4. The number of ether oxygens (including phenoxy) is 2. The summed E-state index contributed by atoms with van der Waals surface area (Å²) in [7, 11) is 3.13. The minimum Gasteiger partial charge on any atom is -0.496 e. The van der Waals surface area contributed by atoms with Gasteiger partial charge in [-0.3, -0.25) is 14.5 Å². The van der Waals surface area contributed by atoms with Gasteiger partial charge in [0.25, 0.3) is 11.8 Å². The lowest BCUT2D eigenvalue weighted by Crippen LogP contribution is -2.38. The van der Waals surface area contributed by atoms with Gasteiger partial charge >= 0.3 is 0 Å². The average Bonchev–Trinajstić information content (AvgIpc) is 2.90. The van der Waals surface area contributed by atoms with Crippen molar-refractivity contribution in [3.8, 4) is 5.75 Å². The second kappa shape index (κ2) is 7.70. The second-order valence-electron chi connectivity index (χ2n) is 6.23. The van der Waals surface area contributed by atoms with E-state index in [0.29, 0.717) is 29.2 Å². The summed E-state index contributed by atoms with van der Waals surface area (Å²) < 4.78 is 10.5. The minimum absolute atomic E-state index is 0.232. The zero-order valence-electron chi connectivity index (χ0n) is 14.8. The van der Waals surface area contributed by atoms with E-state index in [-0.39, 0.29) is 18.4 Å². The van der Waals surface area contributed by atoms with E-state index in [4.69, 9.17) is 9.47 Å². The summed E-state index contributed by atoms with van der Waals surface area (Å²) >= 11 is 0. The van der Waals surface area contributed by atoms with Crippen molar-refractivity contribution in [1.29, 1.82) is 0 Å². The van der Waals surface area contributed by atoms with Crippen molar-refractivity contribution < 1.29 is 19.1 Å². The van der Waals surface area contributed by atoms with Gasteiger partial charge in [-0.05, 0) is 25.3 Å². The average molecular weight is 344 g/mol. The van der Waals surface area contributed by atoms with Crippen molar-refractivity contribution >= 4 is 17.4 Å². The van der Waals surface area contributed by atoms with Gasteiger partial charge in [0, 0.05) is 25.8 Å². The van der Waals surface area contributed by atoms with Crippen LogP contribution in [0.15, 0.2) is 30.0 Å². The number of amides is 2. The summed E-state index contributed by atoms with van der Waals surface area (Å²) in [5.41, 5.74) is 1.62. The predicted molar refractivity (Wildman–Crippen MR) is 93.9 cm³/mol. The molecule has 134 valence electrons. The molecule has 2 heterocycles. The van der Waals surface area contributed by atoms with Crippen molar-refractivity contribution in [2.75, 3.05) is 40.5 Å². The Morgan fingerprint density at radius 2 is 1.72 bits per heavy atom. The van der Waals surface area contributed by atoms with Gasteiger partial charge in [-0.2, -0.15) is 0 Å². The molecule has 3 rings (SSSR count). The van der Waals surface area contributed by atoms with Crippen LogP contribution in [0, 0.1) is 0 Å². The molecule has 0 saturated carbocycles. The molecule has 25 heavy (non-hydrogen) atoms. The van der Waals surface area contributed by atoms with E-state index in [1.807, 2.05) is 24.3 Å². The van der Waals surface area contributed by atoms with E-state index in [2.05, 4.69) is 4.90 Å². The van der Waals surface area contributed by atoms with Gasteiger partial charge in [-0.1, -0.05) is 18.2 Å². The van der Waals surface area contributed by atoms with E-state index in [1.54, 1.807) is 14.2 Å². The Bertz CT molecular complexity index is 692. The number of nitrogens with zero attached hydrogens (tertiary/aromatic N) is 2. The van der Waals surface area contributed by atoms with Crippen molar-refractivity contribution in [2.24, 2.45) is 0 Å². The van der Waals surface area contributed by atoms with Gasteiger partial charge in [0.1, 0.15) is 11.4 Å². The van der Waals surface area contributed by atoms with E-state index in [1.165, 1.54) is 4.90 Å². The molecule has 0 N–H and O–H groups in total. The van der Waals surface area contributed by atoms with Crippen molar-refractivity contribution in [2.45, 2.75) is 19.3 Å². The highest BCUT2D eigenvalue weighted by Crippen LogP contribution is 2.36. The fraction of sp³-hybridized carbons (Fsp3) is 0.474. The zero-order chi connectivity index (χ0) is 17.8. The molecule has 0 aromatic heterocycles. The number of para-hydroxylation sites is 1. The maximum absolute atomic E-state index is 13.1. The number of carbonyl (C=O) groups excluding carboxylic acids is 2. The monoisotopic (exact) mass is 344 g/mol. The lowest BCUT2D eigenvalue weighted by atomic mass is 10.0.